The molecule has 266 valence electrons. The third-order valence-electron chi connectivity index (χ3n) is 10.3. The number of piperazine rings is 1. The fourth-order valence-corrected chi connectivity index (χ4v) is 7.82. The van der Waals surface area contributed by atoms with Crippen molar-refractivity contribution in [3.05, 3.63) is 88.2 Å². The number of hydrogen-bond donors (Lipinski definition) is 3. The molecule has 1 fully saturated rings. The number of nitrogens with one attached hydrogen (secondary N) is 2. The van der Waals surface area contributed by atoms with E-state index < -0.39 is 0 Å². The number of rotatable bonds is 8. The lowest BCUT2D eigenvalue weighted by atomic mass is 9.90. The van der Waals surface area contributed by atoms with E-state index in [1.807, 2.05) is 18.2 Å². The fourth-order valence-electron chi connectivity index (χ4n) is 7.82. The first-order chi connectivity index (χ1) is 24.4. The number of likely N-dealkylation sites (N-methyl/N-ethyl adjacent to an activating group) is 1. The van der Waals surface area contributed by atoms with Gasteiger partial charge in [0, 0.05) is 80.7 Å². The van der Waals surface area contributed by atoms with Gasteiger partial charge in [-0.2, -0.15) is 0 Å². The molecule has 2 aliphatic heterocycles. The van der Waals surface area contributed by atoms with Crippen LogP contribution in [0.5, 0.6) is 0 Å². The number of aliphatic hydroxyl groups is 1. The van der Waals surface area contributed by atoms with E-state index in [4.69, 9.17) is 4.98 Å². The third kappa shape index (κ3) is 6.31. The van der Waals surface area contributed by atoms with Crippen molar-refractivity contribution in [3.8, 4) is 11.3 Å². The second kappa shape index (κ2) is 13.1. The van der Waals surface area contributed by atoms with Crippen LogP contribution < -0.4 is 26.0 Å². The largest absolute Gasteiger partial charge is 0.392 e. The third-order valence-corrected chi connectivity index (χ3v) is 10.3. The van der Waals surface area contributed by atoms with Gasteiger partial charge >= 0.3 is 0 Å². The van der Waals surface area contributed by atoms with Gasteiger partial charge in [0.1, 0.15) is 11.5 Å². The highest BCUT2D eigenvalue weighted by Gasteiger charge is 2.37. The number of nitrogens with zero attached hydrogens (tertiary/aromatic N) is 7. The molecule has 1 saturated heterocycles. The van der Waals surface area contributed by atoms with Crippen molar-refractivity contribution < 1.29 is 14.7 Å². The fraction of sp³-hybridized carbons (Fsp3) is 0.395. The van der Waals surface area contributed by atoms with Gasteiger partial charge in [0.2, 0.25) is 5.91 Å². The van der Waals surface area contributed by atoms with Crippen molar-refractivity contribution in [3.63, 3.8) is 0 Å². The number of hydrogen-bond acceptors (Lipinski definition) is 9. The Kier molecular flexibility index (Phi) is 8.80. The van der Waals surface area contributed by atoms with Crippen LogP contribution >= 0.6 is 0 Å². The highest BCUT2D eigenvalue weighted by atomic mass is 16.3. The van der Waals surface area contributed by atoms with Crippen molar-refractivity contribution in [2.45, 2.75) is 52.8 Å². The van der Waals surface area contributed by atoms with E-state index in [9.17, 15) is 19.5 Å². The number of aromatic nitrogens is 4. The molecular formula is C38H45N9O4. The molecule has 1 aliphatic carbocycles. The minimum Gasteiger partial charge on any atom is -0.392 e. The predicted molar refractivity (Wildman–Crippen MR) is 199 cm³/mol. The van der Waals surface area contributed by atoms with Crippen molar-refractivity contribution in [2.24, 2.45) is 12.5 Å². The number of pyridine rings is 1. The van der Waals surface area contributed by atoms with Crippen LogP contribution in [0.3, 0.4) is 0 Å². The van der Waals surface area contributed by atoms with Gasteiger partial charge in [0.15, 0.2) is 5.82 Å². The Bertz CT molecular complexity index is 2120. The minimum absolute atomic E-state index is 0.0586. The molecular weight excluding hydrogens is 646 g/mol. The molecule has 0 saturated carbocycles. The van der Waals surface area contributed by atoms with Crippen molar-refractivity contribution in [2.75, 3.05) is 53.7 Å². The van der Waals surface area contributed by atoms with Gasteiger partial charge in [-0.1, -0.05) is 20.4 Å². The molecule has 4 aromatic rings. The van der Waals surface area contributed by atoms with Gasteiger partial charge < -0.3 is 34.7 Å². The normalized spacial score (nSPS) is 18.4. The first kappa shape index (κ1) is 34.2. The molecule has 13 heteroatoms. The molecule has 13 nitrogen and oxygen atoms in total. The number of aryl methyl sites for hydroxylation is 1. The lowest BCUT2D eigenvalue weighted by Gasteiger charge is -2.40. The number of amides is 2. The lowest BCUT2D eigenvalue weighted by molar-refractivity contribution is -0.111. The molecule has 0 radical (unpaired) electrons. The van der Waals surface area contributed by atoms with Crippen LogP contribution in [0.1, 0.15) is 48.1 Å². The van der Waals surface area contributed by atoms with Crippen molar-refractivity contribution >= 4 is 40.5 Å². The van der Waals surface area contributed by atoms with Crippen LogP contribution in [-0.4, -0.2) is 80.2 Å². The number of fused-ring (bicyclic) bond motifs is 3. The Labute approximate surface area is 297 Å². The van der Waals surface area contributed by atoms with E-state index in [1.54, 1.807) is 36.5 Å². The SMILES string of the molecule is C=CC(=O)Nc1cc(Nc2nc(-c3ccnc(N4CCn5c(cc6c5CC(C)(C)C6)C4=O)c3CO)cn(C)c2=O)ccc1N1CCN(C)CC1C. The molecule has 0 bridgehead atoms. The Morgan fingerprint density at radius 1 is 1.10 bits per heavy atom. The quantitative estimate of drug-likeness (QED) is 0.235. The highest BCUT2D eigenvalue weighted by molar-refractivity contribution is 6.06. The summed E-state index contributed by atoms with van der Waals surface area (Å²) >= 11 is 0. The summed E-state index contributed by atoms with van der Waals surface area (Å²) in [5.41, 5.74) is 6.34. The van der Waals surface area contributed by atoms with E-state index in [0.29, 0.717) is 52.8 Å². The summed E-state index contributed by atoms with van der Waals surface area (Å²) < 4.78 is 3.57. The maximum Gasteiger partial charge on any atom is 0.293 e. The van der Waals surface area contributed by atoms with Crippen molar-refractivity contribution in [1.29, 1.82) is 0 Å². The molecule has 3 aromatic heterocycles. The molecule has 1 atom stereocenters. The average Bonchev–Trinajstić information content (AvgIpc) is 3.59. The van der Waals surface area contributed by atoms with Gasteiger partial charge in [-0.3, -0.25) is 19.3 Å². The summed E-state index contributed by atoms with van der Waals surface area (Å²) in [6, 6.07) is 9.54. The van der Waals surface area contributed by atoms with Crippen LogP contribution in [-0.2, 0) is 37.8 Å². The van der Waals surface area contributed by atoms with Crippen LogP contribution in [0.2, 0.25) is 0 Å². The highest BCUT2D eigenvalue weighted by Crippen LogP contribution is 2.40. The molecule has 5 heterocycles. The Morgan fingerprint density at radius 2 is 1.90 bits per heavy atom. The second-order valence-corrected chi connectivity index (χ2v) is 14.7. The smallest absolute Gasteiger partial charge is 0.293 e. The summed E-state index contributed by atoms with van der Waals surface area (Å²) in [7, 11) is 3.73. The molecule has 1 unspecified atom stereocenters. The van der Waals surface area contributed by atoms with Gasteiger partial charge in [-0.15, -0.1) is 0 Å². The van der Waals surface area contributed by atoms with E-state index in [-0.39, 0.29) is 41.3 Å². The van der Waals surface area contributed by atoms with Crippen molar-refractivity contribution in [1.82, 2.24) is 24.0 Å². The molecule has 0 spiro atoms. The molecule has 3 N–H and O–H groups in total. The monoisotopic (exact) mass is 691 g/mol. The Morgan fingerprint density at radius 3 is 2.65 bits per heavy atom. The van der Waals surface area contributed by atoms with Gasteiger partial charge in [0.05, 0.1) is 23.7 Å². The topological polar surface area (TPSA) is 141 Å². The number of benzene rings is 1. The zero-order valence-electron chi connectivity index (χ0n) is 29.9. The summed E-state index contributed by atoms with van der Waals surface area (Å²) in [6.45, 7) is 13.5. The first-order valence-electron chi connectivity index (χ1n) is 17.4. The summed E-state index contributed by atoms with van der Waals surface area (Å²) in [5.74, 6) is -0.0697. The number of carbonyl (C=O) groups is 2. The number of anilines is 5. The van der Waals surface area contributed by atoms with E-state index in [1.165, 1.54) is 21.9 Å². The second-order valence-electron chi connectivity index (χ2n) is 14.7. The lowest BCUT2D eigenvalue weighted by Crippen LogP contribution is -2.50. The zero-order valence-corrected chi connectivity index (χ0v) is 29.9. The Hall–Kier alpha value is -5.27. The first-order valence-corrected chi connectivity index (χ1v) is 17.4. The molecule has 2 amide bonds. The average molecular weight is 692 g/mol. The van der Waals surface area contributed by atoms with E-state index in [0.717, 1.165) is 38.2 Å². The van der Waals surface area contributed by atoms with Gasteiger partial charge in [0.25, 0.3) is 11.5 Å². The van der Waals surface area contributed by atoms with Crippen LogP contribution in [0.4, 0.5) is 28.7 Å². The number of carbonyl (C=O) groups excluding carboxylic acids is 2. The van der Waals surface area contributed by atoms with E-state index in [2.05, 4.69) is 64.4 Å². The zero-order chi connectivity index (χ0) is 36.2. The summed E-state index contributed by atoms with van der Waals surface area (Å²) in [4.78, 5) is 55.2. The Balaban J connectivity index is 1.21. The summed E-state index contributed by atoms with van der Waals surface area (Å²) in [5, 5.41) is 16.8. The van der Waals surface area contributed by atoms with Crippen LogP contribution in [0.25, 0.3) is 11.3 Å². The molecule has 7 rings (SSSR count). The standard InChI is InChI=1S/C38H45N9O4/c1-7-33(49)41-28-17-25(8-9-30(28)45-13-12-43(5)20-23(45)2)40-34-37(51)44(6)21-29(42-34)26-10-11-39-35(27(26)22-48)47-15-14-46-31(36(47)50)16-24-18-38(3,4)19-32(24)46/h7-11,16-17,21,23,48H,1,12-15,18-20,22H2,2-6H3,(H,40,42)(H,41,49). The molecule has 3 aliphatic rings. The minimum atomic E-state index is -0.389. The number of aliphatic hydroxyl groups excluding tert-OH is 1. The molecule has 51 heavy (non-hydrogen) atoms. The van der Waals surface area contributed by atoms with E-state index >= 15 is 0 Å². The predicted octanol–water partition coefficient (Wildman–Crippen LogP) is 3.93. The maximum atomic E-state index is 13.9. The van der Waals surface area contributed by atoms with Gasteiger partial charge in [-0.25, -0.2) is 9.97 Å². The summed E-state index contributed by atoms with van der Waals surface area (Å²) in [6.07, 6.45) is 6.30. The van der Waals surface area contributed by atoms with Gasteiger partial charge in [-0.05, 0) is 74.2 Å². The molecule has 1 aromatic carbocycles. The van der Waals surface area contributed by atoms with Crippen LogP contribution in [0.15, 0.2) is 60.2 Å². The maximum absolute atomic E-state index is 13.9. The van der Waals surface area contributed by atoms with Crippen LogP contribution in [0, 0.1) is 5.41 Å².